The van der Waals surface area contributed by atoms with Crippen LogP contribution in [-0.4, -0.2) is 37.8 Å². The molecule has 1 aromatic rings. The van der Waals surface area contributed by atoms with Crippen molar-refractivity contribution < 1.29 is 4.74 Å². The molecular formula is C16H25N3O. The summed E-state index contributed by atoms with van der Waals surface area (Å²) in [7, 11) is 0. The molecule has 4 nitrogen and oxygen atoms in total. The first-order valence-corrected chi connectivity index (χ1v) is 7.86. The minimum atomic E-state index is 0.442. The lowest BCUT2D eigenvalue weighted by atomic mass is 9.74. The molecule has 1 atom stereocenters. The highest BCUT2D eigenvalue weighted by Gasteiger charge is 2.37. The van der Waals surface area contributed by atoms with Gasteiger partial charge in [-0.05, 0) is 51.3 Å². The topological polar surface area (TPSA) is 37.4 Å². The largest absolute Gasteiger partial charge is 0.490 e. The van der Waals surface area contributed by atoms with Gasteiger partial charge < -0.3 is 15.0 Å². The maximum atomic E-state index is 5.75. The predicted octanol–water partition coefficient (Wildman–Crippen LogP) is 2.45. The fraction of sp³-hybridized carbons (Fsp3) is 0.688. The summed E-state index contributed by atoms with van der Waals surface area (Å²) in [5.74, 6) is 1.95. The summed E-state index contributed by atoms with van der Waals surface area (Å²) in [5, 5.41) is 3.58. The SMILES string of the molecule is CCOc1cccnc1N1CCCC2(CCCNC2)C1. The van der Waals surface area contributed by atoms with Crippen LogP contribution in [0.25, 0.3) is 0 Å². The van der Waals surface area contributed by atoms with E-state index in [1.54, 1.807) is 0 Å². The maximum absolute atomic E-state index is 5.75. The summed E-state index contributed by atoms with van der Waals surface area (Å²) < 4.78 is 5.75. The Balaban J connectivity index is 1.79. The Labute approximate surface area is 121 Å². The molecule has 1 unspecified atom stereocenters. The van der Waals surface area contributed by atoms with Gasteiger partial charge in [-0.15, -0.1) is 0 Å². The van der Waals surface area contributed by atoms with Crippen LogP contribution < -0.4 is 15.0 Å². The van der Waals surface area contributed by atoms with Crippen molar-refractivity contribution >= 4 is 5.82 Å². The Hall–Kier alpha value is -1.29. The molecular weight excluding hydrogens is 250 g/mol. The molecule has 0 radical (unpaired) electrons. The van der Waals surface area contributed by atoms with Gasteiger partial charge in [0.1, 0.15) is 0 Å². The van der Waals surface area contributed by atoms with Gasteiger partial charge in [0.15, 0.2) is 11.6 Å². The molecule has 20 heavy (non-hydrogen) atoms. The molecule has 0 saturated carbocycles. The highest BCUT2D eigenvalue weighted by atomic mass is 16.5. The Morgan fingerprint density at radius 3 is 3.10 bits per heavy atom. The van der Waals surface area contributed by atoms with E-state index in [9.17, 15) is 0 Å². The Morgan fingerprint density at radius 1 is 1.40 bits per heavy atom. The number of aromatic nitrogens is 1. The molecule has 3 rings (SSSR count). The average molecular weight is 275 g/mol. The van der Waals surface area contributed by atoms with Crippen LogP contribution in [0.3, 0.4) is 0 Å². The number of nitrogens with zero attached hydrogens (tertiary/aromatic N) is 2. The van der Waals surface area contributed by atoms with Crippen LogP contribution >= 0.6 is 0 Å². The maximum Gasteiger partial charge on any atom is 0.171 e. The third-order valence-corrected chi connectivity index (χ3v) is 4.57. The lowest BCUT2D eigenvalue weighted by molar-refractivity contribution is 0.172. The number of piperidine rings is 2. The minimum absolute atomic E-state index is 0.442. The first kappa shape index (κ1) is 13.7. The zero-order chi connectivity index (χ0) is 13.8. The Bertz CT molecular complexity index is 438. The normalized spacial score (nSPS) is 26.8. The molecule has 0 aromatic carbocycles. The van der Waals surface area contributed by atoms with Crippen LogP contribution in [0.5, 0.6) is 5.75 Å². The molecule has 1 spiro atoms. The third-order valence-electron chi connectivity index (χ3n) is 4.57. The molecule has 0 aliphatic carbocycles. The van der Waals surface area contributed by atoms with Crippen molar-refractivity contribution in [2.24, 2.45) is 5.41 Å². The van der Waals surface area contributed by atoms with E-state index in [-0.39, 0.29) is 0 Å². The number of anilines is 1. The summed E-state index contributed by atoms with van der Waals surface area (Å²) in [4.78, 5) is 7.01. The second-order valence-electron chi connectivity index (χ2n) is 6.06. The zero-order valence-electron chi connectivity index (χ0n) is 12.4. The van der Waals surface area contributed by atoms with Gasteiger partial charge in [0.2, 0.25) is 0 Å². The zero-order valence-corrected chi connectivity index (χ0v) is 12.4. The van der Waals surface area contributed by atoms with E-state index in [1.165, 1.54) is 32.2 Å². The van der Waals surface area contributed by atoms with Gasteiger partial charge in [-0.25, -0.2) is 4.98 Å². The first-order chi connectivity index (χ1) is 9.83. The van der Waals surface area contributed by atoms with Crippen molar-refractivity contribution in [2.75, 3.05) is 37.7 Å². The smallest absolute Gasteiger partial charge is 0.171 e. The van der Waals surface area contributed by atoms with Gasteiger partial charge in [0.05, 0.1) is 6.61 Å². The van der Waals surface area contributed by atoms with Crippen molar-refractivity contribution in [3.05, 3.63) is 18.3 Å². The van der Waals surface area contributed by atoms with Crippen molar-refractivity contribution in [1.29, 1.82) is 0 Å². The number of hydrogen-bond donors (Lipinski definition) is 1. The van der Waals surface area contributed by atoms with E-state index in [0.717, 1.165) is 31.2 Å². The van der Waals surface area contributed by atoms with E-state index < -0.39 is 0 Å². The summed E-state index contributed by atoms with van der Waals surface area (Å²) in [6, 6.07) is 3.99. The fourth-order valence-corrected chi connectivity index (χ4v) is 3.66. The summed E-state index contributed by atoms with van der Waals surface area (Å²) in [6.45, 7) is 7.25. The number of nitrogens with one attached hydrogen (secondary N) is 1. The molecule has 110 valence electrons. The monoisotopic (exact) mass is 275 g/mol. The molecule has 2 aliphatic heterocycles. The van der Waals surface area contributed by atoms with Crippen LogP contribution in [-0.2, 0) is 0 Å². The van der Waals surface area contributed by atoms with Gasteiger partial charge in [-0.2, -0.15) is 0 Å². The molecule has 1 N–H and O–H groups in total. The fourth-order valence-electron chi connectivity index (χ4n) is 3.66. The lowest BCUT2D eigenvalue weighted by Crippen LogP contribution is -2.51. The summed E-state index contributed by atoms with van der Waals surface area (Å²) in [5.41, 5.74) is 0.442. The summed E-state index contributed by atoms with van der Waals surface area (Å²) in [6.07, 6.45) is 7.11. The Kier molecular flexibility index (Phi) is 4.10. The minimum Gasteiger partial charge on any atom is -0.490 e. The number of pyridine rings is 1. The van der Waals surface area contributed by atoms with E-state index in [0.29, 0.717) is 12.0 Å². The highest BCUT2D eigenvalue weighted by molar-refractivity contribution is 5.52. The van der Waals surface area contributed by atoms with Gasteiger partial charge in [-0.1, -0.05) is 0 Å². The first-order valence-electron chi connectivity index (χ1n) is 7.86. The molecule has 3 heterocycles. The third kappa shape index (κ3) is 2.75. The van der Waals surface area contributed by atoms with Crippen molar-refractivity contribution in [3.63, 3.8) is 0 Å². The van der Waals surface area contributed by atoms with Gasteiger partial charge in [0.25, 0.3) is 0 Å². The number of rotatable bonds is 3. The van der Waals surface area contributed by atoms with E-state index in [4.69, 9.17) is 4.74 Å². The van der Waals surface area contributed by atoms with E-state index in [2.05, 4.69) is 15.2 Å². The van der Waals surface area contributed by atoms with Crippen molar-refractivity contribution in [2.45, 2.75) is 32.6 Å². The van der Waals surface area contributed by atoms with Gasteiger partial charge >= 0.3 is 0 Å². The van der Waals surface area contributed by atoms with Crippen LogP contribution in [0.15, 0.2) is 18.3 Å². The van der Waals surface area contributed by atoms with Gasteiger partial charge in [-0.3, -0.25) is 0 Å². The van der Waals surface area contributed by atoms with Crippen molar-refractivity contribution in [3.8, 4) is 5.75 Å². The molecule has 2 saturated heterocycles. The lowest BCUT2D eigenvalue weighted by Gasteiger charge is -2.46. The molecule has 4 heteroatoms. The van der Waals surface area contributed by atoms with Crippen molar-refractivity contribution in [1.82, 2.24) is 10.3 Å². The van der Waals surface area contributed by atoms with Crippen LogP contribution in [0.2, 0.25) is 0 Å². The molecule has 2 aliphatic rings. The Morgan fingerprint density at radius 2 is 2.30 bits per heavy atom. The highest BCUT2D eigenvalue weighted by Crippen LogP contribution is 2.39. The average Bonchev–Trinajstić information content (AvgIpc) is 2.49. The summed E-state index contributed by atoms with van der Waals surface area (Å²) >= 11 is 0. The van der Waals surface area contributed by atoms with Crippen LogP contribution in [0.4, 0.5) is 5.82 Å². The van der Waals surface area contributed by atoms with Gasteiger partial charge in [0, 0.05) is 31.2 Å². The second kappa shape index (κ2) is 6.00. The van der Waals surface area contributed by atoms with Crippen LogP contribution in [0.1, 0.15) is 32.6 Å². The quantitative estimate of drug-likeness (QED) is 0.919. The van der Waals surface area contributed by atoms with E-state index >= 15 is 0 Å². The molecule has 2 fully saturated rings. The van der Waals surface area contributed by atoms with E-state index in [1.807, 2.05) is 25.3 Å². The number of hydrogen-bond acceptors (Lipinski definition) is 4. The molecule has 0 amide bonds. The second-order valence-corrected chi connectivity index (χ2v) is 6.06. The molecule has 1 aromatic heterocycles. The number of ether oxygens (including phenoxy) is 1. The van der Waals surface area contributed by atoms with Crippen LogP contribution in [0, 0.1) is 5.41 Å². The molecule has 0 bridgehead atoms. The standard InChI is InChI=1S/C16H25N3O/c1-2-20-14-6-3-10-18-15(14)19-11-5-8-16(13-19)7-4-9-17-12-16/h3,6,10,17H,2,4-5,7-9,11-13H2,1H3. The predicted molar refractivity (Wildman–Crippen MR) is 81.4 cm³/mol.